The van der Waals surface area contributed by atoms with E-state index in [1.807, 2.05) is 6.07 Å². The normalized spacial score (nSPS) is 10.1. The smallest absolute Gasteiger partial charge is 0.196 e. The van der Waals surface area contributed by atoms with Gasteiger partial charge in [0, 0.05) is 15.7 Å². The number of carbonyl (C=O) groups excluding carboxylic acids is 1. The third-order valence-corrected chi connectivity index (χ3v) is 2.99. The SMILES string of the molecule is COc1ccccc1C(=O)c1cc(N)cc(Br)c1. The number of ketones is 1. The number of benzene rings is 2. The zero-order valence-electron chi connectivity index (χ0n) is 9.81. The summed E-state index contributed by atoms with van der Waals surface area (Å²) in [6, 6.07) is 12.3. The van der Waals surface area contributed by atoms with E-state index in [1.165, 1.54) is 0 Å². The second kappa shape index (κ2) is 5.23. The molecule has 0 fully saturated rings. The number of ether oxygens (including phenoxy) is 1. The lowest BCUT2D eigenvalue weighted by atomic mass is 10.0. The Morgan fingerprint density at radius 3 is 2.61 bits per heavy atom. The van der Waals surface area contributed by atoms with Crippen molar-refractivity contribution >= 4 is 27.4 Å². The van der Waals surface area contributed by atoms with Crippen molar-refractivity contribution in [3.05, 3.63) is 58.1 Å². The minimum atomic E-state index is -0.111. The fourth-order valence-corrected chi connectivity index (χ4v) is 2.24. The van der Waals surface area contributed by atoms with Crippen molar-refractivity contribution in [2.75, 3.05) is 12.8 Å². The molecule has 2 aromatic carbocycles. The Balaban J connectivity index is 2.47. The van der Waals surface area contributed by atoms with E-state index >= 15 is 0 Å². The summed E-state index contributed by atoms with van der Waals surface area (Å²) in [6.07, 6.45) is 0. The van der Waals surface area contributed by atoms with Crippen molar-refractivity contribution in [1.29, 1.82) is 0 Å². The molecule has 3 nitrogen and oxygen atoms in total. The van der Waals surface area contributed by atoms with Gasteiger partial charge in [-0.1, -0.05) is 28.1 Å². The van der Waals surface area contributed by atoms with Crippen LogP contribution in [-0.4, -0.2) is 12.9 Å². The summed E-state index contributed by atoms with van der Waals surface area (Å²) in [4.78, 5) is 12.4. The molecule has 2 rings (SSSR count). The standard InChI is InChI=1S/C14H12BrNO2/c1-18-13-5-3-2-4-12(13)14(17)9-6-10(15)8-11(16)7-9/h2-8H,16H2,1H3. The molecule has 92 valence electrons. The Hall–Kier alpha value is -1.81. The van der Waals surface area contributed by atoms with Crippen LogP contribution >= 0.6 is 15.9 Å². The van der Waals surface area contributed by atoms with E-state index in [4.69, 9.17) is 10.5 Å². The third-order valence-electron chi connectivity index (χ3n) is 2.53. The molecule has 0 atom stereocenters. The van der Waals surface area contributed by atoms with Gasteiger partial charge in [0.15, 0.2) is 5.78 Å². The first-order chi connectivity index (χ1) is 8.61. The molecule has 0 spiro atoms. The van der Waals surface area contributed by atoms with E-state index in [9.17, 15) is 4.79 Å². The lowest BCUT2D eigenvalue weighted by molar-refractivity contribution is 0.103. The predicted molar refractivity (Wildman–Crippen MR) is 75.0 cm³/mol. The maximum atomic E-state index is 12.4. The zero-order valence-corrected chi connectivity index (χ0v) is 11.4. The summed E-state index contributed by atoms with van der Waals surface area (Å²) in [5.41, 5.74) is 7.34. The molecule has 0 saturated heterocycles. The summed E-state index contributed by atoms with van der Waals surface area (Å²) in [6.45, 7) is 0. The van der Waals surface area contributed by atoms with E-state index in [-0.39, 0.29) is 5.78 Å². The molecular weight excluding hydrogens is 294 g/mol. The number of carbonyl (C=O) groups is 1. The third kappa shape index (κ3) is 2.54. The second-order valence-electron chi connectivity index (χ2n) is 3.80. The predicted octanol–water partition coefficient (Wildman–Crippen LogP) is 3.27. The van der Waals surface area contributed by atoms with Crippen LogP contribution in [0.25, 0.3) is 0 Å². The molecule has 0 aromatic heterocycles. The van der Waals surface area contributed by atoms with E-state index in [0.29, 0.717) is 22.6 Å². The van der Waals surface area contributed by atoms with Gasteiger partial charge in [-0.2, -0.15) is 0 Å². The maximum Gasteiger partial charge on any atom is 0.196 e. The first-order valence-electron chi connectivity index (χ1n) is 5.35. The number of halogens is 1. The highest BCUT2D eigenvalue weighted by molar-refractivity contribution is 9.10. The molecule has 0 bridgehead atoms. The van der Waals surface area contributed by atoms with Crippen LogP contribution in [0.1, 0.15) is 15.9 Å². The van der Waals surface area contributed by atoms with Gasteiger partial charge in [0.05, 0.1) is 12.7 Å². The lowest BCUT2D eigenvalue weighted by Gasteiger charge is -2.08. The zero-order chi connectivity index (χ0) is 13.1. The Morgan fingerprint density at radius 1 is 1.22 bits per heavy atom. The van der Waals surface area contributed by atoms with Gasteiger partial charge in [0.1, 0.15) is 5.75 Å². The highest BCUT2D eigenvalue weighted by atomic mass is 79.9. The van der Waals surface area contributed by atoms with E-state index < -0.39 is 0 Å². The maximum absolute atomic E-state index is 12.4. The van der Waals surface area contributed by atoms with Crippen molar-refractivity contribution in [3.8, 4) is 5.75 Å². The fourth-order valence-electron chi connectivity index (χ4n) is 1.73. The molecule has 18 heavy (non-hydrogen) atoms. The summed E-state index contributed by atoms with van der Waals surface area (Å²) < 4.78 is 5.96. The van der Waals surface area contributed by atoms with Crippen molar-refractivity contribution in [1.82, 2.24) is 0 Å². The van der Waals surface area contributed by atoms with Gasteiger partial charge >= 0.3 is 0 Å². The molecule has 0 aliphatic heterocycles. The molecular formula is C14H12BrNO2. The van der Waals surface area contributed by atoms with E-state index in [1.54, 1.807) is 43.5 Å². The van der Waals surface area contributed by atoms with Crippen molar-refractivity contribution in [2.45, 2.75) is 0 Å². The molecule has 0 amide bonds. The molecule has 0 aliphatic rings. The molecule has 2 aromatic rings. The van der Waals surface area contributed by atoms with Crippen LogP contribution in [0.4, 0.5) is 5.69 Å². The number of para-hydroxylation sites is 1. The van der Waals surface area contributed by atoms with Gasteiger partial charge < -0.3 is 10.5 Å². The van der Waals surface area contributed by atoms with Crippen LogP contribution in [0.15, 0.2) is 46.9 Å². The van der Waals surface area contributed by atoms with E-state index in [2.05, 4.69) is 15.9 Å². The van der Waals surface area contributed by atoms with Crippen molar-refractivity contribution in [2.24, 2.45) is 0 Å². The van der Waals surface area contributed by atoms with Crippen LogP contribution in [0.3, 0.4) is 0 Å². The average molecular weight is 306 g/mol. The second-order valence-corrected chi connectivity index (χ2v) is 4.72. The highest BCUT2D eigenvalue weighted by Crippen LogP contribution is 2.24. The van der Waals surface area contributed by atoms with Crippen LogP contribution in [0, 0.1) is 0 Å². The van der Waals surface area contributed by atoms with Crippen LogP contribution in [-0.2, 0) is 0 Å². The molecule has 0 heterocycles. The molecule has 2 N–H and O–H groups in total. The summed E-state index contributed by atoms with van der Waals surface area (Å²) in [5.74, 6) is 0.446. The van der Waals surface area contributed by atoms with Gasteiger partial charge in [-0.15, -0.1) is 0 Å². The topological polar surface area (TPSA) is 52.3 Å². The number of methoxy groups -OCH3 is 1. The van der Waals surface area contributed by atoms with Crippen LogP contribution in [0.5, 0.6) is 5.75 Å². The Bertz CT molecular complexity index is 576. The molecule has 0 unspecified atom stereocenters. The quantitative estimate of drug-likeness (QED) is 0.699. The van der Waals surface area contributed by atoms with Gasteiger partial charge in [-0.05, 0) is 30.3 Å². The van der Waals surface area contributed by atoms with Crippen molar-refractivity contribution in [3.63, 3.8) is 0 Å². The molecule has 0 aliphatic carbocycles. The monoisotopic (exact) mass is 305 g/mol. The van der Waals surface area contributed by atoms with Gasteiger partial charge in [0.2, 0.25) is 0 Å². The van der Waals surface area contributed by atoms with E-state index in [0.717, 1.165) is 4.47 Å². The summed E-state index contributed by atoms with van der Waals surface area (Å²) in [7, 11) is 1.54. The van der Waals surface area contributed by atoms with Gasteiger partial charge in [-0.3, -0.25) is 4.79 Å². The first-order valence-corrected chi connectivity index (χ1v) is 6.15. The molecule has 0 radical (unpaired) electrons. The number of hydrogen-bond acceptors (Lipinski definition) is 3. The van der Waals surface area contributed by atoms with Gasteiger partial charge in [0.25, 0.3) is 0 Å². The van der Waals surface area contributed by atoms with Crippen LogP contribution in [0.2, 0.25) is 0 Å². The Labute approximate surface area is 114 Å². The summed E-state index contributed by atoms with van der Waals surface area (Å²) >= 11 is 3.33. The lowest BCUT2D eigenvalue weighted by Crippen LogP contribution is -2.04. The number of rotatable bonds is 3. The fraction of sp³-hybridized carbons (Fsp3) is 0.0714. The van der Waals surface area contributed by atoms with Crippen LogP contribution < -0.4 is 10.5 Å². The van der Waals surface area contributed by atoms with Gasteiger partial charge in [-0.25, -0.2) is 0 Å². The molecule has 0 saturated carbocycles. The number of hydrogen-bond donors (Lipinski definition) is 1. The largest absolute Gasteiger partial charge is 0.496 e. The average Bonchev–Trinajstić information content (AvgIpc) is 2.36. The number of anilines is 1. The number of nitrogens with two attached hydrogens (primary N) is 1. The summed E-state index contributed by atoms with van der Waals surface area (Å²) in [5, 5.41) is 0. The van der Waals surface area contributed by atoms with Crippen molar-refractivity contribution < 1.29 is 9.53 Å². The molecule has 4 heteroatoms. The minimum absolute atomic E-state index is 0.111. The first kappa shape index (κ1) is 12.6. The Kier molecular flexibility index (Phi) is 3.67. The minimum Gasteiger partial charge on any atom is -0.496 e. The number of nitrogen functional groups attached to an aromatic ring is 1. The Morgan fingerprint density at radius 2 is 1.94 bits per heavy atom. The highest BCUT2D eigenvalue weighted by Gasteiger charge is 2.14.